The molecule has 0 aliphatic carbocycles. The molecule has 0 saturated carbocycles. The van der Waals surface area contributed by atoms with E-state index in [0.717, 1.165) is 5.52 Å². The van der Waals surface area contributed by atoms with Gasteiger partial charge in [0.25, 0.3) is 5.91 Å². The molecule has 20 heavy (non-hydrogen) atoms. The van der Waals surface area contributed by atoms with E-state index >= 15 is 0 Å². The maximum atomic E-state index is 12.0. The van der Waals surface area contributed by atoms with Crippen molar-refractivity contribution in [2.75, 3.05) is 13.1 Å². The van der Waals surface area contributed by atoms with Crippen LogP contribution >= 0.6 is 0 Å². The Bertz CT molecular complexity index is 559. The van der Waals surface area contributed by atoms with Crippen molar-refractivity contribution in [2.24, 2.45) is 0 Å². The Hall–Kier alpha value is -1.92. The van der Waals surface area contributed by atoms with Crippen molar-refractivity contribution in [3.05, 3.63) is 30.1 Å². The van der Waals surface area contributed by atoms with Gasteiger partial charge in [0.1, 0.15) is 11.9 Å². The summed E-state index contributed by atoms with van der Waals surface area (Å²) in [7, 11) is 0. The van der Waals surface area contributed by atoms with Gasteiger partial charge in [0, 0.05) is 13.1 Å². The molecule has 0 radical (unpaired) electrons. The van der Waals surface area contributed by atoms with E-state index in [1.54, 1.807) is 6.07 Å². The summed E-state index contributed by atoms with van der Waals surface area (Å²) in [6.07, 6.45) is -2.88. The summed E-state index contributed by atoms with van der Waals surface area (Å²) in [6.45, 7) is 4.61. The van der Waals surface area contributed by atoms with Crippen molar-refractivity contribution in [2.45, 2.75) is 26.1 Å². The zero-order chi connectivity index (χ0) is 14.7. The van der Waals surface area contributed by atoms with E-state index in [1.807, 2.05) is 32.0 Å². The summed E-state index contributed by atoms with van der Waals surface area (Å²) >= 11 is 0. The summed E-state index contributed by atoms with van der Waals surface area (Å²) in [5.74, 6) is -0.304. The molecular weight excluding hydrogens is 258 g/mol. The van der Waals surface area contributed by atoms with E-state index in [2.05, 4.69) is 9.97 Å². The number of benzene rings is 1. The van der Waals surface area contributed by atoms with Crippen molar-refractivity contribution in [3.8, 4) is 0 Å². The highest BCUT2D eigenvalue weighted by Gasteiger charge is 2.30. The van der Waals surface area contributed by atoms with Crippen molar-refractivity contribution in [3.63, 3.8) is 0 Å². The molecule has 0 saturated heterocycles. The molecule has 0 aliphatic rings. The van der Waals surface area contributed by atoms with Gasteiger partial charge in [0.05, 0.1) is 11.0 Å². The largest absolute Gasteiger partial charge is 0.382 e. The van der Waals surface area contributed by atoms with Crippen LogP contribution in [0.5, 0.6) is 0 Å². The monoisotopic (exact) mass is 277 g/mol. The van der Waals surface area contributed by atoms with Crippen molar-refractivity contribution < 1.29 is 15.0 Å². The van der Waals surface area contributed by atoms with Gasteiger partial charge in [0.2, 0.25) is 0 Å². The maximum absolute atomic E-state index is 12.0. The number of carbonyl (C=O) groups is 1. The Morgan fingerprint density at radius 1 is 1.30 bits per heavy atom. The molecule has 108 valence electrons. The number of carbonyl (C=O) groups excluding carboxylic acids is 1. The topological polar surface area (TPSA) is 89.5 Å². The number of aliphatic hydroxyl groups excluding tert-OH is 2. The lowest BCUT2D eigenvalue weighted by atomic mass is 10.1. The molecular formula is C14H19N3O3. The van der Waals surface area contributed by atoms with Crippen LogP contribution in [0.15, 0.2) is 24.3 Å². The molecule has 0 unspecified atom stereocenters. The van der Waals surface area contributed by atoms with Gasteiger partial charge in [0.15, 0.2) is 6.10 Å². The van der Waals surface area contributed by atoms with Crippen LogP contribution in [-0.4, -0.2) is 50.2 Å². The first kappa shape index (κ1) is 14.5. The van der Waals surface area contributed by atoms with Gasteiger partial charge in [-0.25, -0.2) is 4.98 Å². The third kappa shape index (κ3) is 2.66. The number of fused-ring (bicyclic) bond motifs is 1. The lowest BCUT2D eigenvalue weighted by molar-refractivity contribution is -0.146. The Morgan fingerprint density at radius 2 is 1.95 bits per heavy atom. The van der Waals surface area contributed by atoms with Gasteiger partial charge in [-0.3, -0.25) is 4.79 Å². The lowest BCUT2D eigenvalue weighted by Crippen LogP contribution is -2.42. The van der Waals surface area contributed by atoms with Gasteiger partial charge < -0.3 is 20.1 Å². The van der Waals surface area contributed by atoms with Crippen LogP contribution in [0.2, 0.25) is 0 Å². The summed E-state index contributed by atoms with van der Waals surface area (Å²) in [5.41, 5.74) is 1.44. The number of nitrogens with zero attached hydrogens (tertiary/aromatic N) is 2. The second-order valence-corrected chi connectivity index (χ2v) is 4.54. The molecule has 0 bridgehead atoms. The predicted molar refractivity (Wildman–Crippen MR) is 75.0 cm³/mol. The number of amides is 1. The van der Waals surface area contributed by atoms with Crippen LogP contribution in [0.25, 0.3) is 11.0 Å². The average Bonchev–Trinajstić information content (AvgIpc) is 2.90. The second kappa shape index (κ2) is 6.02. The Balaban J connectivity index is 2.21. The molecule has 6 heteroatoms. The molecule has 1 aromatic heterocycles. The zero-order valence-electron chi connectivity index (χ0n) is 11.6. The van der Waals surface area contributed by atoms with Crippen LogP contribution < -0.4 is 0 Å². The summed E-state index contributed by atoms with van der Waals surface area (Å²) in [6, 6.07) is 7.28. The number of H-pyrrole nitrogens is 1. The molecule has 6 nitrogen and oxygen atoms in total. The third-order valence-electron chi connectivity index (χ3n) is 3.32. The molecule has 1 amide bonds. The Labute approximate surface area is 117 Å². The fourth-order valence-corrected chi connectivity index (χ4v) is 2.12. The van der Waals surface area contributed by atoms with E-state index in [9.17, 15) is 15.0 Å². The van der Waals surface area contributed by atoms with Gasteiger partial charge in [-0.2, -0.15) is 0 Å². The Morgan fingerprint density at radius 3 is 2.55 bits per heavy atom. The molecule has 0 aliphatic heterocycles. The van der Waals surface area contributed by atoms with Gasteiger partial charge in [-0.1, -0.05) is 12.1 Å². The van der Waals surface area contributed by atoms with E-state index < -0.39 is 18.1 Å². The highest BCUT2D eigenvalue weighted by atomic mass is 16.3. The summed E-state index contributed by atoms with van der Waals surface area (Å²) in [5, 5.41) is 20.1. The molecule has 0 spiro atoms. The number of nitrogens with one attached hydrogen (secondary N) is 1. The summed E-state index contributed by atoms with van der Waals surface area (Å²) in [4.78, 5) is 20.6. The quantitative estimate of drug-likeness (QED) is 0.755. The van der Waals surface area contributed by atoms with Gasteiger partial charge in [-0.15, -0.1) is 0 Å². The standard InChI is InChI=1S/C14H19N3O3/c1-3-17(4-2)14(20)12(19)11(18)13-15-9-7-5-6-8-10(9)16-13/h5-8,11-12,18-19H,3-4H2,1-2H3,(H,15,16)/t11-,12-/m1/s1. The highest BCUT2D eigenvalue weighted by Crippen LogP contribution is 2.19. The number of hydrogen-bond donors (Lipinski definition) is 3. The minimum absolute atomic E-state index is 0.194. The number of para-hydroxylation sites is 2. The molecule has 3 N–H and O–H groups in total. The minimum atomic E-state index is -1.52. The van der Waals surface area contributed by atoms with Gasteiger partial charge in [-0.05, 0) is 26.0 Å². The normalized spacial score (nSPS) is 14.2. The van der Waals surface area contributed by atoms with Crippen LogP contribution in [-0.2, 0) is 4.79 Å². The molecule has 1 heterocycles. The number of likely N-dealkylation sites (N-methyl/N-ethyl adjacent to an activating group) is 1. The van der Waals surface area contributed by atoms with E-state index in [4.69, 9.17) is 0 Å². The number of hydrogen-bond acceptors (Lipinski definition) is 4. The predicted octanol–water partition coefficient (Wildman–Crippen LogP) is 0.826. The number of aromatic nitrogens is 2. The first-order valence-electron chi connectivity index (χ1n) is 6.68. The average molecular weight is 277 g/mol. The smallest absolute Gasteiger partial charge is 0.254 e. The Kier molecular flexibility index (Phi) is 4.36. The number of aromatic amines is 1. The fourth-order valence-electron chi connectivity index (χ4n) is 2.12. The van der Waals surface area contributed by atoms with Crippen molar-refractivity contribution in [1.29, 1.82) is 0 Å². The van der Waals surface area contributed by atoms with Crippen LogP contribution in [0.3, 0.4) is 0 Å². The fraction of sp³-hybridized carbons (Fsp3) is 0.429. The molecule has 0 fully saturated rings. The van der Waals surface area contributed by atoms with E-state index in [0.29, 0.717) is 18.6 Å². The highest BCUT2D eigenvalue weighted by molar-refractivity contribution is 5.81. The minimum Gasteiger partial charge on any atom is -0.382 e. The van der Waals surface area contributed by atoms with Crippen molar-refractivity contribution >= 4 is 16.9 Å². The first-order chi connectivity index (χ1) is 9.58. The molecule has 2 aromatic rings. The lowest BCUT2D eigenvalue weighted by Gasteiger charge is -2.24. The summed E-state index contributed by atoms with van der Waals surface area (Å²) < 4.78 is 0. The molecule has 2 rings (SSSR count). The van der Waals surface area contributed by atoms with Crippen LogP contribution in [0.4, 0.5) is 0 Å². The molecule has 1 aromatic carbocycles. The number of aliphatic hydroxyl groups is 2. The zero-order valence-corrected chi connectivity index (χ0v) is 11.6. The molecule has 2 atom stereocenters. The third-order valence-corrected chi connectivity index (χ3v) is 3.32. The van der Waals surface area contributed by atoms with Crippen LogP contribution in [0, 0.1) is 0 Å². The van der Waals surface area contributed by atoms with Gasteiger partial charge >= 0.3 is 0 Å². The van der Waals surface area contributed by atoms with E-state index in [-0.39, 0.29) is 5.82 Å². The van der Waals surface area contributed by atoms with Crippen LogP contribution in [0.1, 0.15) is 25.8 Å². The SMILES string of the molecule is CCN(CC)C(=O)[C@H](O)[C@@H](O)c1nc2ccccc2[nH]1. The number of imidazole rings is 1. The van der Waals surface area contributed by atoms with Crippen molar-refractivity contribution in [1.82, 2.24) is 14.9 Å². The number of rotatable bonds is 5. The second-order valence-electron chi connectivity index (χ2n) is 4.54. The maximum Gasteiger partial charge on any atom is 0.254 e. The first-order valence-corrected chi connectivity index (χ1v) is 6.68. The van der Waals surface area contributed by atoms with E-state index in [1.165, 1.54) is 4.90 Å².